The van der Waals surface area contributed by atoms with Gasteiger partial charge >= 0.3 is 0 Å². The van der Waals surface area contributed by atoms with Crippen LogP contribution >= 0.6 is 0 Å². The number of benzene rings is 3. The van der Waals surface area contributed by atoms with Gasteiger partial charge in [-0.1, -0.05) is 54.6 Å². The predicted molar refractivity (Wildman–Crippen MR) is 200 cm³/mol. The first-order valence-corrected chi connectivity index (χ1v) is 17.2. The monoisotopic (exact) mass is 729 g/mol. The Kier molecular flexibility index (Phi) is 14.3. The maximum atomic E-state index is 13.9. The van der Waals surface area contributed by atoms with E-state index < -0.39 is 60.2 Å². The van der Waals surface area contributed by atoms with Crippen molar-refractivity contribution in [3.05, 3.63) is 77.9 Å². The van der Waals surface area contributed by atoms with Gasteiger partial charge in [-0.3, -0.25) is 34.0 Å². The highest BCUT2D eigenvalue weighted by atomic mass is 16.3. The fourth-order valence-corrected chi connectivity index (χ4v) is 5.79. The van der Waals surface area contributed by atoms with Crippen molar-refractivity contribution in [2.24, 2.45) is 32.9 Å². The van der Waals surface area contributed by atoms with E-state index in [0.29, 0.717) is 5.56 Å². The van der Waals surface area contributed by atoms with Crippen LogP contribution in [0.2, 0.25) is 0 Å². The summed E-state index contributed by atoms with van der Waals surface area (Å²) in [6, 6.07) is 14.7. The lowest BCUT2D eigenvalue weighted by molar-refractivity contribution is -0.134. The number of guanidine groups is 2. The summed E-state index contributed by atoms with van der Waals surface area (Å²) in [7, 11) is 0. The molecule has 0 radical (unpaired) electrons. The van der Waals surface area contributed by atoms with Crippen molar-refractivity contribution >= 4 is 52.2 Å². The van der Waals surface area contributed by atoms with Crippen LogP contribution in [0.5, 0.6) is 5.75 Å². The summed E-state index contributed by atoms with van der Waals surface area (Å²) in [6.07, 6.45) is 0.769. The summed E-state index contributed by atoms with van der Waals surface area (Å²) in [5, 5.41) is 25.1. The highest BCUT2D eigenvalue weighted by Crippen LogP contribution is 2.17. The molecule has 0 unspecified atom stereocenters. The Labute approximate surface area is 306 Å². The topological polar surface area (TPSA) is 295 Å². The van der Waals surface area contributed by atoms with E-state index in [0.717, 1.165) is 16.3 Å². The van der Waals surface area contributed by atoms with E-state index in [1.165, 1.54) is 12.1 Å². The number of nitrogens with two attached hydrogens (primary N) is 4. The zero-order chi connectivity index (χ0) is 38.3. The molecule has 5 amide bonds. The molecule has 1 heterocycles. The van der Waals surface area contributed by atoms with Gasteiger partial charge in [0.25, 0.3) is 0 Å². The van der Waals surface area contributed by atoms with E-state index in [4.69, 9.17) is 22.9 Å². The van der Waals surface area contributed by atoms with Crippen molar-refractivity contribution in [3.8, 4) is 5.75 Å². The highest BCUT2D eigenvalue weighted by molar-refractivity contribution is 5.97. The second kappa shape index (κ2) is 19.3. The molecule has 1 aliphatic rings. The summed E-state index contributed by atoms with van der Waals surface area (Å²) < 4.78 is 0. The molecular formula is C36H47N11O6. The molecule has 0 saturated carbocycles. The number of carbonyl (C=O) groups excluding carboxylic acids is 5. The van der Waals surface area contributed by atoms with Crippen molar-refractivity contribution in [2.75, 3.05) is 19.6 Å². The van der Waals surface area contributed by atoms with Crippen molar-refractivity contribution in [3.63, 3.8) is 0 Å². The number of fused-ring (bicyclic) bond motifs is 1. The van der Waals surface area contributed by atoms with Crippen molar-refractivity contribution in [1.29, 1.82) is 0 Å². The third-order valence-electron chi connectivity index (χ3n) is 8.49. The standard InChI is InChI=1S/C36H47N11O6/c37-35(38)41-15-3-7-26-32(51)45-27(8-4-16-42-36(39)40)33(52)47-28(19-22-9-12-23-5-1-2-6-24(23)17-22)31(50)43-20-30(49)44-29(34(53)46-26)18-21-10-13-25(48)14-11-21/h1-2,5-6,9-14,17,26-29,48H,3-4,7-8,15-16,18-20H2,(H,43,50)(H,44,49)(H,45,51)(H,46,53)(H,47,52)(H4,37,38,41)(H4,39,40,42)/t26-,27-,28+,29+/m1/s1. The largest absolute Gasteiger partial charge is 0.508 e. The molecule has 3 aromatic carbocycles. The first kappa shape index (κ1) is 39.4. The van der Waals surface area contributed by atoms with Crippen molar-refractivity contribution in [1.82, 2.24) is 26.6 Å². The summed E-state index contributed by atoms with van der Waals surface area (Å²) in [6.45, 7) is -0.194. The molecule has 0 bridgehead atoms. The van der Waals surface area contributed by atoms with Crippen LogP contribution in [-0.4, -0.2) is 90.4 Å². The third kappa shape index (κ3) is 12.7. The summed E-state index contributed by atoms with van der Waals surface area (Å²) in [5.41, 5.74) is 23.2. The number of phenols is 1. The number of rotatable bonds is 12. The molecule has 3 aromatic rings. The first-order chi connectivity index (χ1) is 25.4. The zero-order valence-electron chi connectivity index (χ0n) is 29.2. The average molecular weight is 730 g/mol. The molecule has 1 aliphatic heterocycles. The number of nitrogens with one attached hydrogen (secondary N) is 5. The van der Waals surface area contributed by atoms with Gasteiger partial charge in [-0.15, -0.1) is 0 Å². The SMILES string of the molecule is NC(N)=NCCC[C@H]1NC(=O)[C@H](Cc2ccc(O)cc2)NC(=O)CNC(=O)[C@H](Cc2ccc3ccccc3c2)NC(=O)[C@@H](CCCN=C(N)N)NC1=O. The van der Waals surface area contributed by atoms with Crippen LogP contribution < -0.4 is 49.5 Å². The molecule has 0 aliphatic carbocycles. The molecule has 282 valence electrons. The Morgan fingerprint density at radius 3 is 1.68 bits per heavy atom. The van der Waals surface area contributed by atoms with Gasteiger partial charge in [-0.25, -0.2) is 0 Å². The van der Waals surface area contributed by atoms with Gasteiger partial charge in [0, 0.05) is 25.9 Å². The minimum absolute atomic E-state index is 0.00775. The summed E-state index contributed by atoms with van der Waals surface area (Å²) in [5.74, 6) is -3.66. The number of hydrogen-bond donors (Lipinski definition) is 10. The lowest BCUT2D eigenvalue weighted by Crippen LogP contribution is -2.58. The van der Waals surface area contributed by atoms with E-state index >= 15 is 0 Å². The van der Waals surface area contributed by atoms with E-state index in [1.807, 2.05) is 42.5 Å². The Morgan fingerprint density at radius 2 is 1.09 bits per heavy atom. The van der Waals surface area contributed by atoms with Crippen LogP contribution in [0.1, 0.15) is 36.8 Å². The molecule has 17 nitrogen and oxygen atoms in total. The van der Waals surface area contributed by atoms with Gasteiger partial charge in [-0.2, -0.15) is 0 Å². The molecule has 1 saturated heterocycles. The quantitative estimate of drug-likeness (QED) is 0.0585. The minimum atomic E-state index is -1.19. The fraction of sp³-hybridized carbons (Fsp3) is 0.361. The maximum Gasteiger partial charge on any atom is 0.243 e. The van der Waals surface area contributed by atoms with Crippen LogP contribution in [0, 0.1) is 0 Å². The van der Waals surface area contributed by atoms with Gasteiger partial charge in [0.1, 0.15) is 29.9 Å². The number of phenolic OH excluding ortho intramolecular Hbond substituents is 1. The van der Waals surface area contributed by atoms with E-state index in [-0.39, 0.29) is 69.3 Å². The van der Waals surface area contributed by atoms with Crippen LogP contribution in [0.3, 0.4) is 0 Å². The summed E-state index contributed by atoms with van der Waals surface area (Å²) in [4.78, 5) is 76.4. The smallest absolute Gasteiger partial charge is 0.243 e. The van der Waals surface area contributed by atoms with Crippen LogP contribution in [0.15, 0.2) is 76.7 Å². The molecular weight excluding hydrogens is 682 g/mol. The lowest BCUT2D eigenvalue weighted by atomic mass is 10.0. The average Bonchev–Trinajstić information content (AvgIpc) is 3.12. The fourth-order valence-electron chi connectivity index (χ4n) is 5.79. The van der Waals surface area contributed by atoms with Gasteiger partial charge in [0.15, 0.2) is 11.9 Å². The molecule has 0 aromatic heterocycles. The first-order valence-electron chi connectivity index (χ1n) is 17.2. The van der Waals surface area contributed by atoms with E-state index in [1.54, 1.807) is 12.1 Å². The molecule has 4 atom stereocenters. The Balaban J connectivity index is 1.68. The number of hydrogen-bond acceptors (Lipinski definition) is 8. The number of aromatic hydroxyl groups is 1. The number of nitrogens with zero attached hydrogens (tertiary/aromatic N) is 2. The summed E-state index contributed by atoms with van der Waals surface area (Å²) >= 11 is 0. The van der Waals surface area contributed by atoms with Crippen LogP contribution in [0.4, 0.5) is 0 Å². The van der Waals surface area contributed by atoms with Gasteiger partial charge in [0.2, 0.25) is 29.5 Å². The minimum Gasteiger partial charge on any atom is -0.508 e. The number of amides is 5. The van der Waals surface area contributed by atoms with Crippen LogP contribution in [-0.2, 0) is 36.8 Å². The predicted octanol–water partition coefficient (Wildman–Crippen LogP) is -1.49. The maximum absolute atomic E-state index is 13.9. The Morgan fingerprint density at radius 1 is 0.604 bits per heavy atom. The Hall–Kier alpha value is -6.39. The molecule has 53 heavy (non-hydrogen) atoms. The van der Waals surface area contributed by atoms with E-state index in [9.17, 15) is 29.1 Å². The van der Waals surface area contributed by atoms with Crippen molar-refractivity contribution < 1.29 is 29.1 Å². The van der Waals surface area contributed by atoms with Gasteiger partial charge in [0.05, 0.1) is 6.54 Å². The second-order valence-electron chi connectivity index (χ2n) is 12.7. The normalized spacial score (nSPS) is 20.0. The molecule has 4 rings (SSSR count). The van der Waals surface area contributed by atoms with Crippen LogP contribution in [0.25, 0.3) is 10.8 Å². The second-order valence-corrected chi connectivity index (χ2v) is 12.7. The zero-order valence-corrected chi connectivity index (χ0v) is 29.2. The Bertz CT molecular complexity index is 1820. The molecule has 0 spiro atoms. The number of carbonyl (C=O) groups is 5. The highest BCUT2D eigenvalue weighted by Gasteiger charge is 2.32. The number of aliphatic imine (C=N–C) groups is 2. The van der Waals surface area contributed by atoms with Gasteiger partial charge in [-0.05, 0) is 59.7 Å². The molecule has 14 N–H and O–H groups in total. The van der Waals surface area contributed by atoms with Gasteiger partial charge < -0.3 is 54.6 Å². The lowest BCUT2D eigenvalue weighted by Gasteiger charge is -2.26. The van der Waals surface area contributed by atoms with E-state index in [2.05, 4.69) is 36.6 Å². The molecule has 1 fully saturated rings. The van der Waals surface area contributed by atoms with Crippen molar-refractivity contribution in [2.45, 2.75) is 62.7 Å². The third-order valence-corrected chi connectivity index (χ3v) is 8.49. The molecule has 17 heteroatoms.